The number of carbonyl (C=O) groups is 1. The van der Waals surface area contributed by atoms with Crippen LogP contribution in [0.15, 0.2) is 66.6 Å². The van der Waals surface area contributed by atoms with E-state index in [2.05, 4.69) is 20.3 Å². The van der Waals surface area contributed by atoms with Gasteiger partial charge in [0.2, 0.25) is 0 Å². The third kappa shape index (κ3) is 3.12. The molecule has 0 aliphatic carbocycles. The molecule has 0 atom stereocenters. The molecule has 4 rings (SSSR count). The first kappa shape index (κ1) is 16.2. The van der Waals surface area contributed by atoms with Crippen molar-refractivity contribution < 1.29 is 4.79 Å². The molecule has 0 fully saturated rings. The maximum atomic E-state index is 12.7. The van der Waals surface area contributed by atoms with Crippen LogP contribution in [-0.4, -0.2) is 25.4 Å². The molecule has 4 aromatic rings. The van der Waals surface area contributed by atoms with Crippen molar-refractivity contribution in [3.05, 3.63) is 77.8 Å². The number of nitrogens with zero attached hydrogens (tertiary/aromatic N) is 4. The number of rotatable bonds is 4. The molecule has 0 radical (unpaired) electrons. The molecule has 7 heteroatoms. The van der Waals surface area contributed by atoms with Crippen LogP contribution in [0.1, 0.15) is 16.1 Å². The van der Waals surface area contributed by atoms with Crippen LogP contribution in [0, 0.1) is 6.92 Å². The van der Waals surface area contributed by atoms with Crippen molar-refractivity contribution in [2.75, 3.05) is 5.32 Å². The average Bonchev–Trinajstić information content (AvgIpc) is 3.32. The van der Waals surface area contributed by atoms with Gasteiger partial charge in [0.25, 0.3) is 5.91 Å². The molecule has 0 aliphatic heterocycles. The zero-order chi connectivity index (χ0) is 17.9. The molecule has 0 saturated heterocycles. The Morgan fingerprint density at radius 3 is 2.81 bits per heavy atom. The molecule has 0 spiro atoms. The van der Waals surface area contributed by atoms with Gasteiger partial charge in [0.05, 0.1) is 18.2 Å². The Hall–Kier alpha value is -3.32. The fourth-order valence-electron chi connectivity index (χ4n) is 2.61. The molecule has 1 amide bonds. The SMILES string of the molecule is Cc1cccnc1-c1csc(NC(=O)c2cncn2-c2ccccc2)n1. The monoisotopic (exact) mass is 361 g/mol. The van der Waals surface area contributed by atoms with Gasteiger partial charge in [-0.25, -0.2) is 9.97 Å². The fourth-order valence-corrected chi connectivity index (χ4v) is 3.30. The highest BCUT2D eigenvalue weighted by Crippen LogP contribution is 2.26. The number of carbonyl (C=O) groups excluding carboxylic acids is 1. The number of aryl methyl sites for hydroxylation is 1. The van der Waals surface area contributed by atoms with E-state index in [-0.39, 0.29) is 5.91 Å². The topological polar surface area (TPSA) is 72.7 Å². The predicted molar refractivity (Wildman–Crippen MR) is 102 cm³/mol. The van der Waals surface area contributed by atoms with Gasteiger partial charge in [-0.15, -0.1) is 11.3 Å². The average molecular weight is 361 g/mol. The summed E-state index contributed by atoms with van der Waals surface area (Å²) in [5.74, 6) is -0.259. The van der Waals surface area contributed by atoms with Crippen LogP contribution in [0.25, 0.3) is 17.1 Å². The maximum Gasteiger partial charge on any atom is 0.276 e. The number of nitrogens with one attached hydrogen (secondary N) is 1. The molecule has 1 N–H and O–H groups in total. The zero-order valence-corrected chi connectivity index (χ0v) is 14.8. The van der Waals surface area contributed by atoms with E-state index in [1.54, 1.807) is 23.3 Å². The minimum atomic E-state index is -0.259. The summed E-state index contributed by atoms with van der Waals surface area (Å²) in [6.07, 6.45) is 4.90. The molecule has 0 bridgehead atoms. The van der Waals surface area contributed by atoms with Crippen molar-refractivity contribution in [1.29, 1.82) is 0 Å². The number of aromatic nitrogens is 4. The Morgan fingerprint density at radius 2 is 2.00 bits per heavy atom. The number of hydrogen-bond acceptors (Lipinski definition) is 5. The third-order valence-electron chi connectivity index (χ3n) is 3.88. The minimum absolute atomic E-state index is 0.259. The first-order valence-electron chi connectivity index (χ1n) is 7.99. The van der Waals surface area contributed by atoms with Crippen LogP contribution in [0.3, 0.4) is 0 Å². The molecule has 26 heavy (non-hydrogen) atoms. The number of thiazole rings is 1. The second kappa shape index (κ2) is 6.89. The second-order valence-corrected chi connectivity index (χ2v) is 6.50. The molecule has 0 aliphatic rings. The van der Waals surface area contributed by atoms with E-state index < -0.39 is 0 Å². The zero-order valence-electron chi connectivity index (χ0n) is 14.0. The van der Waals surface area contributed by atoms with Crippen molar-refractivity contribution in [2.24, 2.45) is 0 Å². The summed E-state index contributed by atoms with van der Waals surface area (Å²) in [5, 5.41) is 5.26. The largest absolute Gasteiger partial charge is 0.296 e. The van der Waals surface area contributed by atoms with E-state index in [1.807, 2.05) is 54.8 Å². The number of benzene rings is 1. The van der Waals surface area contributed by atoms with Crippen LogP contribution < -0.4 is 5.32 Å². The summed E-state index contributed by atoms with van der Waals surface area (Å²) in [5.41, 5.74) is 3.93. The van der Waals surface area contributed by atoms with Crippen LogP contribution >= 0.6 is 11.3 Å². The lowest BCUT2D eigenvalue weighted by Gasteiger charge is -2.07. The summed E-state index contributed by atoms with van der Waals surface area (Å²) in [4.78, 5) is 25.6. The van der Waals surface area contributed by atoms with Crippen LogP contribution in [0.4, 0.5) is 5.13 Å². The standard InChI is InChI=1S/C19H15N5OS/c1-13-6-5-9-21-17(13)15-11-26-19(22-15)23-18(25)16-10-20-12-24(16)14-7-3-2-4-8-14/h2-12H,1H3,(H,22,23,25). The van der Waals surface area contributed by atoms with Crippen molar-refractivity contribution in [2.45, 2.75) is 6.92 Å². The molecule has 6 nitrogen and oxygen atoms in total. The number of amides is 1. The lowest BCUT2D eigenvalue weighted by Crippen LogP contribution is -2.15. The lowest BCUT2D eigenvalue weighted by molar-refractivity contribution is 0.102. The Bertz CT molecular complexity index is 1050. The van der Waals surface area contributed by atoms with Gasteiger partial charge >= 0.3 is 0 Å². The molecular formula is C19H15N5OS. The fraction of sp³-hybridized carbons (Fsp3) is 0.0526. The van der Waals surface area contributed by atoms with Crippen molar-refractivity contribution in [3.8, 4) is 17.1 Å². The predicted octanol–water partition coefficient (Wildman–Crippen LogP) is 3.95. The smallest absolute Gasteiger partial charge is 0.276 e. The number of imidazole rings is 1. The van der Waals surface area contributed by atoms with Crippen LogP contribution in [0.5, 0.6) is 0 Å². The van der Waals surface area contributed by atoms with Gasteiger partial charge in [-0.05, 0) is 30.7 Å². The van der Waals surface area contributed by atoms with Crippen molar-refractivity contribution in [1.82, 2.24) is 19.5 Å². The minimum Gasteiger partial charge on any atom is -0.296 e. The number of para-hydroxylation sites is 1. The highest BCUT2D eigenvalue weighted by Gasteiger charge is 2.16. The number of hydrogen-bond donors (Lipinski definition) is 1. The maximum absolute atomic E-state index is 12.7. The van der Waals surface area contributed by atoms with Crippen LogP contribution in [-0.2, 0) is 0 Å². The van der Waals surface area contributed by atoms with Gasteiger partial charge < -0.3 is 0 Å². The highest BCUT2D eigenvalue weighted by molar-refractivity contribution is 7.14. The summed E-state index contributed by atoms with van der Waals surface area (Å²) >= 11 is 1.37. The first-order valence-corrected chi connectivity index (χ1v) is 8.87. The second-order valence-electron chi connectivity index (χ2n) is 5.65. The van der Waals surface area contributed by atoms with E-state index in [9.17, 15) is 4.79 Å². The van der Waals surface area contributed by atoms with Gasteiger partial charge in [-0.3, -0.25) is 19.7 Å². The third-order valence-corrected chi connectivity index (χ3v) is 4.64. The van der Waals surface area contributed by atoms with Gasteiger partial charge in [0.1, 0.15) is 11.4 Å². The van der Waals surface area contributed by atoms with E-state index in [0.717, 1.165) is 22.6 Å². The summed E-state index contributed by atoms with van der Waals surface area (Å²) in [7, 11) is 0. The molecule has 128 valence electrons. The van der Waals surface area contributed by atoms with E-state index in [4.69, 9.17) is 0 Å². The first-order chi connectivity index (χ1) is 12.7. The molecule has 3 aromatic heterocycles. The molecular weight excluding hydrogens is 346 g/mol. The lowest BCUT2D eigenvalue weighted by atomic mass is 10.2. The van der Waals surface area contributed by atoms with Gasteiger partial charge in [-0.1, -0.05) is 24.3 Å². The Kier molecular flexibility index (Phi) is 4.28. The van der Waals surface area contributed by atoms with E-state index in [0.29, 0.717) is 10.8 Å². The molecule has 1 aromatic carbocycles. The molecule has 0 saturated carbocycles. The number of anilines is 1. The number of pyridine rings is 1. The van der Waals surface area contributed by atoms with E-state index in [1.165, 1.54) is 11.3 Å². The Morgan fingerprint density at radius 1 is 1.15 bits per heavy atom. The summed E-state index contributed by atoms with van der Waals surface area (Å²) in [6, 6.07) is 13.5. The molecule has 0 unspecified atom stereocenters. The summed E-state index contributed by atoms with van der Waals surface area (Å²) in [6.45, 7) is 1.98. The Balaban J connectivity index is 1.57. The van der Waals surface area contributed by atoms with Gasteiger partial charge in [-0.2, -0.15) is 0 Å². The molecule has 3 heterocycles. The van der Waals surface area contributed by atoms with Gasteiger partial charge in [0.15, 0.2) is 5.13 Å². The van der Waals surface area contributed by atoms with Gasteiger partial charge in [0, 0.05) is 17.3 Å². The highest BCUT2D eigenvalue weighted by atomic mass is 32.1. The van der Waals surface area contributed by atoms with Crippen molar-refractivity contribution in [3.63, 3.8) is 0 Å². The Labute approximate surface area is 154 Å². The van der Waals surface area contributed by atoms with E-state index >= 15 is 0 Å². The quantitative estimate of drug-likeness (QED) is 0.597. The normalized spacial score (nSPS) is 10.7. The van der Waals surface area contributed by atoms with Crippen molar-refractivity contribution >= 4 is 22.4 Å². The summed E-state index contributed by atoms with van der Waals surface area (Å²) < 4.78 is 1.74. The van der Waals surface area contributed by atoms with Crippen LogP contribution in [0.2, 0.25) is 0 Å².